The minimum atomic E-state index is -0.473. The van der Waals surface area contributed by atoms with Gasteiger partial charge >= 0.3 is 0 Å². The quantitative estimate of drug-likeness (QED) is 0.446. The van der Waals surface area contributed by atoms with E-state index in [4.69, 9.17) is 0 Å². The van der Waals surface area contributed by atoms with Crippen LogP contribution >= 0.6 is 11.8 Å². The smallest absolute Gasteiger partial charge is 0.278 e. The van der Waals surface area contributed by atoms with Crippen molar-refractivity contribution in [3.8, 4) is 0 Å². The van der Waals surface area contributed by atoms with Gasteiger partial charge in [0, 0.05) is 12.2 Å². The third-order valence-electron chi connectivity index (χ3n) is 4.50. The van der Waals surface area contributed by atoms with Crippen LogP contribution in [0.25, 0.3) is 11.0 Å². The van der Waals surface area contributed by atoms with Crippen molar-refractivity contribution in [3.63, 3.8) is 0 Å². The molecule has 2 N–H and O–H groups in total. The summed E-state index contributed by atoms with van der Waals surface area (Å²) >= 11 is 1.18. The van der Waals surface area contributed by atoms with Gasteiger partial charge in [-0.2, -0.15) is 0 Å². The molecule has 0 saturated heterocycles. The zero-order valence-electron chi connectivity index (χ0n) is 17.0. The third-order valence-corrected chi connectivity index (χ3v) is 5.48. The van der Waals surface area contributed by atoms with E-state index in [1.807, 2.05) is 13.0 Å². The molecule has 0 spiro atoms. The van der Waals surface area contributed by atoms with Crippen molar-refractivity contribution < 1.29 is 9.18 Å². The highest BCUT2D eigenvalue weighted by molar-refractivity contribution is 7.99. The highest BCUT2D eigenvalue weighted by atomic mass is 32.2. The second-order valence-electron chi connectivity index (χ2n) is 7.57. The highest BCUT2D eigenvalue weighted by Crippen LogP contribution is 2.21. The number of anilines is 1. The second kappa shape index (κ2) is 8.82. The molecule has 8 heteroatoms. The lowest BCUT2D eigenvalue weighted by Gasteiger charge is -2.13. The number of rotatable bonds is 7. The van der Waals surface area contributed by atoms with Gasteiger partial charge in [0.05, 0.1) is 17.0 Å². The number of thioether (sulfide) groups is 1. The molecule has 3 rings (SSSR count). The number of amides is 1. The van der Waals surface area contributed by atoms with Crippen molar-refractivity contribution in [1.82, 2.24) is 14.5 Å². The first-order valence-corrected chi connectivity index (χ1v) is 10.5. The average molecular weight is 417 g/mol. The summed E-state index contributed by atoms with van der Waals surface area (Å²) in [4.78, 5) is 32.9. The molecule has 0 bridgehead atoms. The molecular formula is C21H25FN4O2S. The van der Waals surface area contributed by atoms with Crippen LogP contribution in [-0.4, -0.2) is 26.2 Å². The van der Waals surface area contributed by atoms with E-state index in [-0.39, 0.29) is 22.9 Å². The highest BCUT2D eigenvalue weighted by Gasteiger charge is 2.16. The Kier molecular flexibility index (Phi) is 6.42. The van der Waals surface area contributed by atoms with E-state index in [1.54, 1.807) is 23.6 Å². The van der Waals surface area contributed by atoms with Crippen molar-refractivity contribution in [2.45, 2.75) is 45.8 Å². The molecule has 2 heterocycles. The van der Waals surface area contributed by atoms with Gasteiger partial charge < -0.3 is 10.3 Å². The molecule has 6 nitrogen and oxygen atoms in total. The van der Waals surface area contributed by atoms with Crippen LogP contribution in [0.3, 0.4) is 0 Å². The molecule has 29 heavy (non-hydrogen) atoms. The molecule has 0 radical (unpaired) electrons. The average Bonchev–Trinajstić information content (AvgIpc) is 3.02. The van der Waals surface area contributed by atoms with Crippen LogP contribution in [0.5, 0.6) is 0 Å². The van der Waals surface area contributed by atoms with Crippen molar-refractivity contribution in [2.24, 2.45) is 5.92 Å². The van der Waals surface area contributed by atoms with Crippen LogP contribution in [-0.2, 0) is 11.3 Å². The first-order chi connectivity index (χ1) is 13.7. The first-order valence-electron chi connectivity index (χ1n) is 9.53. The van der Waals surface area contributed by atoms with Crippen LogP contribution in [0.4, 0.5) is 10.1 Å². The number of carbonyl (C=O) groups excluding carboxylic acids is 1. The Bertz CT molecular complexity index is 1100. The Morgan fingerprint density at radius 1 is 1.31 bits per heavy atom. The number of aromatic amines is 1. The number of hydrogen-bond acceptors (Lipinski definition) is 4. The van der Waals surface area contributed by atoms with Gasteiger partial charge in [-0.05, 0) is 49.9 Å². The predicted octanol–water partition coefficient (Wildman–Crippen LogP) is 4.26. The Hall–Kier alpha value is -2.61. The van der Waals surface area contributed by atoms with Crippen LogP contribution in [0.1, 0.15) is 31.5 Å². The number of nitrogens with one attached hydrogen (secondary N) is 2. The van der Waals surface area contributed by atoms with Crippen LogP contribution in [0.2, 0.25) is 0 Å². The number of hydrogen-bond donors (Lipinski definition) is 2. The van der Waals surface area contributed by atoms with Gasteiger partial charge in [-0.3, -0.25) is 14.2 Å². The number of nitrogens with zero attached hydrogens (tertiary/aromatic N) is 2. The predicted molar refractivity (Wildman–Crippen MR) is 115 cm³/mol. The molecular weight excluding hydrogens is 391 g/mol. The summed E-state index contributed by atoms with van der Waals surface area (Å²) in [7, 11) is 0. The number of aryl methyl sites for hydroxylation is 2. The van der Waals surface area contributed by atoms with Gasteiger partial charge in [-0.15, -0.1) is 0 Å². The summed E-state index contributed by atoms with van der Waals surface area (Å²) in [5.41, 5.74) is 2.69. The van der Waals surface area contributed by atoms with E-state index in [9.17, 15) is 14.0 Å². The molecule has 2 aromatic heterocycles. The number of H-pyrrole nitrogens is 1. The number of carbonyl (C=O) groups is 1. The molecule has 0 aliphatic carbocycles. The van der Waals surface area contributed by atoms with E-state index in [1.165, 1.54) is 17.8 Å². The summed E-state index contributed by atoms with van der Waals surface area (Å²) in [6, 6.07) is 6.46. The largest absolute Gasteiger partial charge is 0.353 e. The maximum atomic E-state index is 14.0. The standard InChI is InChI=1S/C21H25FN4O2S/c1-12(2)7-8-26-20(28)19-17(10-14(4)23-19)25-21(26)29-11-18(27)24-16-6-5-13(3)9-15(16)22/h5-6,9-10,12,23H,7-8,11H2,1-4H3,(H,24,27). The molecule has 0 saturated carbocycles. The topological polar surface area (TPSA) is 79.8 Å². The fourth-order valence-corrected chi connectivity index (χ4v) is 3.77. The van der Waals surface area contributed by atoms with E-state index < -0.39 is 5.82 Å². The van der Waals surface area contributed by atoms with E-state index >= 15 is 0 Å². The molecule has 0 aliphatic heterocycles. The molecule has 1 aromatic carbocycles. The molecule has 0 unspecified atom stereocenters. The minimum Gasteiger partial charge on any atom is -0.353 e. The van der Waals surface area contributed by atoms with E-state index in [0.29, 0.717) is 28.7 Å². The lowest BCUT2D eigenvalue weighted by atomic mass is 10.1. The maximum Gasteiger partial charge on any atom is 0.278 e. The van der Waals surface area contributed by atoms with Crippen LogP contribution in [0.15, 0.2) is 34.2 Å². The van der Waals surface area contributed by atoms with Gasteiger partial charge in [-0.25, -0.2) is 9.37 Å². The fraction of sp³-hybridized carbons (Fsp3) is 0.381. The SMILES string of the molecule is Cc1ccc(NC(=O)CSc2nc3cc(C)[nH]c3c(=O)n2CCC(C)C)c(F)c1. The van der Waals surface area contributed by atoms with Gasteiger partial charge in [0.2, 0.25) is 5.91 Å². The van der Waals surface area contributed by atoms with Gasteiger partial charge in [0.1, 0.15) is 11.3 Å². The number of aromatic nitrogens is 3. The summed E-state index contributed by atoms with van der Waals surface area (Å²) in [6.07, 6.45) is 0.821. The molecule has 154 valence electrons. The summed E-state index contributed by atoms with van der Waals surface area (Å²) < 4.78 is 15.6. The molecule has 1 amide bonds. The van der Waals surface area contributed by atoms with Crippen LogP contribution in [0, 0.1) is 25.6 Å². The Labute approximate surface area is 172 Å². The van der Waals surface area contributed by atoms with Crippen molar-refractivity contribution in [3.05, 3.63) is 51.7 Å². The Morgan fingerprint density at radius 2 is 2.07 bits per heavy atom. The van der Waals surface area contributed by atoms with E-state index in [2.05, 4.69) is 29.1 Å². The van der Waals surface area contributed by atoms with Gasteiger partial charge in [0.25, 0.3) is 5.56 Å². The Morgan fingerprint density at radius 3 is 2.76 bits per heavy atom. The molecule has 0 fully saturated rings. The number of halogens is 1. The number of fused-ring (bicyclic) bond motifs is 1. The van der Waals surface area contributed by atoms with Crippen LogP contribution < -0.4 is 10.9 Å². The summed E-state index contributed by atoms with van der Waals surface area (Å²) in [5.74, 6) is -0.378. The summed E-state index contributed by atoms with van der Waals surface area (Å²) in [6.45, 7) is 8.35. The zero-order chi connectivity index (χ0) is 21.1. The normalized spacial score (nSPS) is 11.4. The molecule has 3 aromatic rings. The van der Waals surface area contributed by atoms with Gasteiger partial charge in [-0.1, -0.05) is 31.7 Å². The monoisotopic (exact) mass is 416 g/mol. The van der Waals surface area contributed by atoms with Gasteiger partial charge in [0.15, 0.2) is 5.16 Å². The third kappa shape index (κ3) is 5.06. The Balaban J connectivity index is 1.81. The molecule has 0 aliphatic rings. The number of benzene rings is 1. The zero-order valence-corrected chi connectivity index (χ0v) is 17.8. The summed E-state index contributed by atoms with van der Waals surface area (Å²) in [5, 5.41) is 3.06. The van der Waals surface area contributed by atoms with Crippen molar-refractivity contribution >= 4 is 34.4 Å². The second-order valence-corrected chi connectivity index (χ2v) is 8.51. The van der Waals surface area contributed by atoms with Crippen molar-refractivity contribution in [1.29, 1.82) is 0 Å². The first kappa shape index (κ1) is 21.1. The van der Waals surface area contributed by atoms with E-state index in [0.717, 1.165) is 17.7 Å². The lowest BCUT2D eigenvalue weighted by Crippen LogP contribution is -2.25. The van der Waals surface area contributed by atoms with Crippen molar-refractivity contribution in [2.75, 3.05) is 11.1 Å². The maximum absolute atomic E-state index is 14.0. The molecule has 0 atom stereocenters. The lowest BCUT2D eigenvalue weighted by molar-refractivity contribution is -0.113. The minimum absolute atomic E-state index is 0.0242. The fourth-order valence-electron chi connectivity index (χ4n) is 2.94.